The number of amides is 2. The maximum atomic E-state index is 11.8. The van der Waals surface area contributed by atoms with Crippen LogP contribution in [0, 0.1) is 0 Å². The minimum absolute atomic E-state index is 0.0249. The van der Waals surface area contributed by atoms with Gasteiger partial charge in [-0.15, -0.1) is 0 Å². The van der Waals surface area contributed by atoms with Gasteiger partial charge < -0.3 is 21.6 Å². The zero-order chi connectivity index (χ0) is 14.3. The second-order valence-corrected chi connectivity index (χ2v) is 4.41. The Morgan fingerprint density at radius 1 is 1.58 bits per heavy atom. The SMILES string of the molecule is CCCC(NC(=O)Nc1cccc(Cl)c1)/C(N)=N/O. The highest BCUT2D eigenvalue weighted by atomic mass is 35.5. The zero-order valence-electron chi connectivity index (χ0n) is 10.6. The van der Waals surface area contributed by atoms with E-state index >= 15 is 0 Å². The van der Waals surface area contributed by atoms with Crippen molar-refractivity contribution in [3.8, 4) is 0 Å². The Balaban J connectivity index is 2.62. The second kappa shape index (κ2) is 7.48. The van der Waals surface area contributed by atoms with Crippen molar-refractivity contribution in [1.29, 1.82) is 0 Å². The number of hydrogen-bond acceptors (Lipinski definition) is 3. The van der Waals surface area contributed by atoms with Crippen LogP contribution in [0.5, 0.6) is 0 Å². The number of hydrogen-bond donors (Lipinski definition) is 4. The van der Waals surface area contributed by atoms with Gasteiger partial charge in [0.15, 0.2) is 5.84 Å². The normalized spacial score (nSPS) is 12.8. The molecule has 1 rings (SSSR count). The standard InChI is InChI=1S/C12H17ClN4O2/c1-2-4-10(11(14)17-19)16-12(18)15-9-6-3-5-8(13)7-9/h3,5-7,10,19H,2,4H2,1H3,(H2,14,17)(H2,15,16,18). The zero-order valence-corrected chi connectivity index (χ0v) is 11.3. The summed E-state index contributed by atoms with van der Waals surface area (Å²) in [5.41, 5.74) is 6.07. The number of benzene rings is 1. The molecule has 6 nitrogen and oxygen atoms in total. The largest absolute Gasteiger partial charge is 0.409 e. The molecule has 1 aromatic carbocycles. The minimum Gasteiger partial charge on any atom is -0.409 e. The lowest BCUT2D eigenvalue weighted by atomic mass is 10.1. The van der Waals surface area contributed by atoms with Gasteiger partial charge in [-0.3, -0.25) is 0 Å². The Bertz CT molecular complexity index is 465. The maximum Gasteiger partial charge on any atom is 0.319 e. The molecule has 0 aliphatic carbocycles. The highest BCUT2D eigenvalue weighted by Crippen LogP contribution is 2.14. The van der Waals surface area contributed by atoms with Gasteiger partial charge in [-0.25, -0.2) is 4.79 Å². The smallest absolute Gasteiger partial charge is 0.319 e. The van der Waals surface area contributed by atoms with E-state index in [1.54, 1.807) is 24.3 Å². The average Bonchev–Trinajstić information content (AvgIpc) is 2.37. The lowest BCUT2D eigenvalue weighted by molar-refractivity contribution is 0.250. The third-order valence-electron chi connectivity index (χ3n) is 2.44. The number of amidine groups is 1. The molecule has 1 unspecified atom stereocenters. The van der Waals surface area contributed by atoms with Crippen molar-refractivity contribution in [1.82, 2.24) is 5.32 Å². The molecule has 19 heavy (non-hydrogen) atoms. The highest BCUT2D eigenvalue weighted by molar-refractivity contribution is 6.30. The number of nitrogens with two attached hydrogens (primary N) is 1. The van der Waals surface area contributed by atoms with E-state index in [9.17, 15) is 4.79 Å². The Kier molecular flexibility index (Phi) is 5.95. The van der Waals surface area contributed by atoms with Gasteiger partial charge >= 0.3 is 6.03 Å². The third-order valence-corrected chi connectivity index (χ3v) is 2.67. The Morgan fingerprint density at radius 2 is 2.32 bits per heavy atom. The number of carbonyl (C=O) groups excluding carboxylic acids is 1. The van der Waals surface area contributed by atoms with Crippen LogP contribution in [-0.4, -0.2) is 23.1 Å². The lowest BCUT2D eigenvalue weighted by Gasteiger charge is -2.17. The molecule has 0 bridgehead atoms. The van der Waals surface area contributed by atoms with Crippen molar-refractivity contribution in [2.24, 2.45) is 10.9 Å². The fourth-order valence-corrected chi connectivity index (χ4v) is 1.73. The van der Waals surface area contributed by atoms with E-state index in [1.807, 2.05) is 6.92 Å². The number of oxime groups is 1. The Morgan fingerprint density at radius 3 is 2.89 bits per heavy atom. The molecule has 0 aliphatic heterocycles. The number of halogens is 1. The van der Waals surface area contributed by atoms with Crippen LogP contribution in [0.2, 0.25) is 5.02 Å². The first-order chi connectivity index (χ1) is 9.06. The average molecular weight is 285 g/mol. The molecule has 104 valence electrons. The van der Waals surface area contributed by atoms with Crippen molar-refractivity contribution in [2.75, 3.05) is 5.32 Å². The maximum absolute atomic E-state index is 11.8. The van der Waals surface area contributed by atoms with Crippen LogP contribution in [0.3, 0.4) is 0 Å². The molecule has 0 heterocycles. The minimum atomic E-state index is -0.505. The molecular weight excluding hydrogens is 268 g/mol. The monoisotopic (exact) mass is 284 g/mol. The molecule has 0 saturated carbocycles. The predicted molar refractivity (Wildman–Crippen MR) is 75.7 cm³/mol. The van der Waals surface area contributed by atoms with Crippen LogP contribution < -0.4 is 16.4 Å². The molecule has 0 radical (unpaired) electrons. The third kappa shape index (κ3) is 5.05. The van der Waals surface area contributed by atoms with Crippen LogP contribution in [0.15, 0.2) is 29.4 Å². The summed E-state index contributed by atoms with van der Waals surface area (Å²) >= 11 is 5.81. The number of rotatable bonds is 5. The predicted octanol–water partition coefficient (Wildman–Crippen LogP) is 2.38. The van der Waals surface area contributed by atoms with Crippen molar-refractivity contribution >= 4 is 29.2 Å². The van der Waals surface area contributed by atoms with Crippen LogP contribution in [0.4, 0.5) is 10.5 Å². The van der Waals surface area contributed by atoms with E-state index in [1.165, 1.54) is 0 Å². The van der Waals surface area contributed by atoms with Crippen molar-refractivity contribution < 1.29 is 10.0 Å². The second-order valence-electron chi connectivity index (χ2n) is 3.97. The van der Waals surface area contributed by atoms with Gasteiger partial charge in [-0.05, 0) is 24.6 Å². The first kappa shape index (κ1) is 15.1. The van der Waals surface area contributed by atoms with E-state index in [2.05, 4.69) is 15.8 Å². The van der Waals surface area contributed by atoms with Gasteiger partial charge in [-0.1, -0.05) is 36.2 Å². The van der Waals surface area contributed by atoms with Crippen molar-refractivity contribution in [2.45, 2.75) is 25.8 Å². The Hall–Kier alpha value is -1.95. The first-order valence-corrected chi connectivity index (χ1v) is 6.25. The van der Waals surface area contributed by atoms with E-state index in [0.717, 1.165) is 6.42 Å². The van der Waals surface area contributed by atoms with Gasteiger partial charge in [0, 0.05) is 10.7 Å². The summed E-state index contributed by atoms with van der Waals surface area (Å²) in [5.74, 6) is -0.0249. The number of carbonyl (C=O) groups is 1. The lowest BCUT2D eigenvalue weighted by Crippen LogP contribution is -2.46. The number of urea groups is 1. The molecule has 0 saturated heterocycles. The van der Waals surface area contributed by atoms with Crippen LogP contribution in [-0.2, 0) is 0 Å². The number of nitrogens with zero attached hydrogens (tertiary/aromatic N) is 1. The summed E-state index contributed by atoms with van der Waals surface area (Å²) in [6.07, 6.45) is 1.37. The quantitative estimate of drug-likeness (QED) is 0.289. The van der Waals surface area contributed by atoms with Crippen molar-refractivity contribution in [3.63, 3.8) is 0 Å². The molecule has 5 N–H and O–H groups in total. The van der Waals surface area contributed by atoms with Gasteiger partial charge in [0.1, 0.15) is 0 Å². The molecule has 0 aromatic heterocycles. The molecule has 0 aliphatic rings. The summed E-state index contributed by atoms with van der Waals surface area (Å²) in [5, 5.41) is 17.3. The van der Waals surface area contributed by atoms with E-state index in [0.29, 0.717) is 17.1 Å². The van der Waals surface area contributed by atoms with E-state index in [-0.39, 0.29) is 5.84 Å². The first-order valence-electron chi connectivity index (χ1n) is 5.87. The van der Waals surface area contributed by atoms with Crippen LogP contribution >= 0.6 is 11.6 Å². The van der Waals surface area contributed by atoms with Gasteiger partial charge in [0.25, 0.3) is 0 Å². The highest BCUT2D eigenvalue weighted by Gasteiger charge is 2.15. The topological polar surface area (TPSA) is 99.7 Å². The van der Waals surface area contributed by atoms with Crippen LogP contribution in [0.1, 0.15) is 19.8 Å². The van der Waals surface area contributed by atoms with Gasteiger partial charge in [0.05, 0.1) is 6.04 Å². The number of nitrogens with one attached hydrogen (secondary N) is 2. The van der Waals surface area contributed by atoms with E-state index in [4.69, 9.17) is 22.5 Å². The fraction of sp³-hybridized carbons (Fsp3) is 0.333. The number of anilines is 1. The van der Waals surface area contributed by atoms with Gasteiger partial charge in [0.2, 0.25) is 0 Å². The molecule has 7 heteroatoms. The molecular formula is C12H17ClN4O2. The van der Waals surface area contributed by atoms with Gasteiger partial charge in [-0.2, -0.15) is 0 Å². The molecule has 0 spiro atoms. The molecule has 1 aromatic rings. The van der Waals surface area contributed by atoms with E-state index < -0.39 is 12.1 Å². The van der Waals surface area contributed by atoms with Crippen LogP contribution in [0.25, 0.3) is 0 Å². The fourth-order valence-electron chi connectivity index (χ4n) is 1.54. The summed E-state index contributed by atoms with van der Waals surface area (Å²) in [7, 11) is 0. The molecule has 2 amide bonds. The molecule has 1 atom stereocenters. The summed E-state index contributed by atoms with van der Waals surface area (Å²) < 4.78 is 0. The summed E-state index contributed by atoms with van der Waals surface area (Å²) in [4.78, 5) is 11.8. The summed E-state index contributed by atoms with van der Waals surface area (Å²) in [6.45, 7) is 1.94. The Labute approximate surface area is 116 Å². The molecule has 0 fully saturated rings. The van der Waals surface area contributed by atoms with Crippen molar-refractivity contribution in [3.05, 3.63) is 29.3 Å². The summed E-state index contributed by atoms with van der Waals surface area (Å²) in [6, 6.07) is 5.83.